The van der Waals surface area contributed by atoms with E-state index >= 15 is 0 Å². The molecule has 0 heterocycles. The Labute approximate surface area is 115 Å². The summed E-state index contributed by atoms with van der Waals surface area (Å²) in [6.07, 6.45) is 0. The monoisotopic (exact) mass is 263 g/mol. The zero-order valence-corrected chi connectivity index (χ0v) is 12.1. The first-order valence-corrected chi connectivity index (χ1v) is 6.53. The average molecular weight is 263 g/mol. The molecule has 1 N–H and O–H groups in total. The van der Waals surface area contributed by atoms with E-state index in [0.717, 1.165) is 5.56 Å². The van der Waals surface area contributed by atoms with Crippen LogP contribution < -0.4 is 0 Å². The first-order chi connectivity index (χ1) is 8.93. The number of hydrogen-bond acceptors (Lipinski definition) is 2. The van der Waals surface area contributed by atoms with Crippen LogP contribution in [0.5, 0.6) is 0 Å². The maximum atomic E-state index is 13.5. The summed E-state index contributed by atoms with van der Waals surface area (Å²) in [5.74, 6) is 5.54. The molecule has 19 heavy (non-hydrogen) atoms. The lowest BCUT2D eigenvalue weighted by molar-refractivity contribution is 0.200. The van der Waals surface area contributed by atoms with Gasteiger partial charge in [0.2, 0.25) is 0 Å². The van der Waals surface area contributed by atoms with E-state index in [0.29, 0.717) is 24.1 Å². The standard InChI is InChI=1S/C16H22FNO/c1-12(2)13(3)18(4)11-15-8-14(6-5-7-19)9-16(17)10-15/h8-10,12-13,19H,7,11H2,1-4H3. The summed E-state index contributed by atoms with van der Waals surface area (Å²) in [5.41, 5.74) is 1.51. The van der Waals surface area contributed by atoms with Gasteiger partial charge in [-0.1, -0.05) is 25.7 Å². The zero-order chi connectivity index (χ0) is 14.4. The summed E-state index contributed by atoms with van der Waals surface area (Å²) in [6.45, 7) is 6.98. The highest BCUT2D eigenvalue weighted by Gasteiger charge is 2.13. The molecule has 2 nitrogen and oxygen atoms in total. The van der Waals surface area contributed by atoms with Gasteiger partial charge >= 0.3 is 0 Å². The second-order valence-electron chi connectivity index (χ2n) is 5.21. The Kier molecular flexibility index (Phi) is 6.01. The van der Waals surface area contributed by atoms with Crippen molar-refractivity contribution in [2.75, 3.05) is 13.7 Å². The summed E-state index contributed by atoms with van der Waals surface area (Å²) in [5, 5.41) is 8.67. The molecule has 0 bridgehead atoms. The number of benzene rings is 1. The predicted molar refractivity (Wildman–Crippen MR) is 76.1 cm³/mol. The smallest absolute Gasteiger partial charge is 0.124 e. The molecule has 0 saturated carbocycles. The van der Waals surface area contributed by atoms with Gasteiger partial charge in [0.05, 0.1) is 0 Å². The molecule has 1 rings (SSSR count). The van der Waals surface area contributed by atoms with Gasteiger partial charge in [0.15, 0.2) is 0 Å². The summed E-state index contributed by atoms with van der Waals surface area (Å²) in [6, 6.07) is 5.22. The summed E-state index contributed by atoms with van der Waals surface area (Å²) >= 11 is 0. The molecule has 0 aliphatic heterocycles. The maximum absolute atomic E-state index is 13.5. The third-order valence-electron chi connectivity index (χ3n) is 3.36. The maximum Gasteiger partial charge on any atom is 0.124 e. The van der Waals surface area contributed by atoms with E-state index in [-0.39, 0.29) is 12.4 Å². The Morgan fingerprint density at radius 1 is 1.26 bits per heavy atom. The van der Waals surface area contributed by atoms with Gasteiger partial charge in [-0.05, 0) is 43.7 Å². The van der Waals surface area contributed by atoms with Crippen LogP contribution >= 0.6 is 0 Å². The molecule has 1 aromatic rings. The lowest BCUT2D eigenvalue weighted by atomic mass is 10.0. The summed E-state index contributed by atoms with van der Waals surface area (Å²) in [4.78, 5) is 2.20. The molecule has 0 aliphatic rings. The fourth-order valence-corrected chi connectivity index (χ4v) is 1.90. The van der Waals surface area contributed by atoms with Gasteiger partial charge in [-0.25, -0.2) is 4.39 Å². The quantitative estimate of drug-likeness (QED) is 0.844. The fourth-order valence-electron chi connectivity index (χ4n) is 1.90. The van der Waals surface area contributed by atoms with Gasteiger partial charge in [0.25, 0.3) is 0 Å². The Morgan fingerprint density at radius 3 is 2.53 bits per heavy atom. The van der Waals surface area contributed by atoms with E-state index < -0.39 is 0 Å². The van der Waals surface area contributed by atoms with Crippen LogP contribution in [0.25, 0.3) is 0 Å². The van der Waals surface area contributed by atoms with Crippen molar-refractivity contribution in [1.82, 2.24) is 4.90 Å². The van der Waals surface area contributed by atoms with Crippen molar-refractivity contribution >= 4 is 0 Å². The highest BCUT2D eigenvalue weighted by molar-refractivity contribution is 5.37. The van der Waals surface area contributed by atoms with Gasteiger partial charge in [-0.3, -0.25) is 4.90 Å². The average Bonchev–Trinajstić information content (AvgIpc) is 2.34. The Morgan fingerprint density at radius 2 is 1.95 bits per heavy atom. The largest absolute Gasteiger partial charge is 0.384 e. The minimum Gasteiger partial charge on any atom is -0.384 e. The highest BCUT2D eigenvalue weighted by atomic mass is 19.1. The topological polar surface area (TPSA) is 23.5 Å². The third kappa shape index (κ3) is 5.02. The second-order valence-corrected chi connectivity index (χ2v) is 5.21. The summed E-state index contributed by atoms with van der Waals surface area (Å²) < 4.78 is 13.5. The van der Waals surface area contributed by atoms with E-state index in [2.05, 4.69) is 37.5 Å². The van der Waals surface area contributed by atoms with Crippen LogP contribution in [-0.4, -0.2) is 29.7 Å². The minimum absolute atomic E-state index is 0.212. The molecule has 0 amide bonds. The molecule has 0 radical (unpaired) electrons. The molecule has 1 unspecified atom stereocenters. The number of aliphatic hydroxyl groups is 1. The molecule has 0 fully saturated rings. The van der Waals surface area contributed by atoms with Crippen molar-refractivity contribution < 1.29 is 9.50 Å². The van der Waals surface area contributed by atoms with Gasteiger partial charge in [-0.15, -0.1) is 0 Å². The first-order valence-electron chi connectivity index (χ1n) is 6.53. The van der Waals surface area contributed by atoms with E-state index in [1.54, 1.807) is 0 Å². The molecular weight excluding hydrogens is 241 g/mol. The Bertz CT molecular complexity index is 473. The molecule has 104 valence electrons. The van der Waals surface area contributed by atoms with Crippen molar-refractivity contribution in [3.63, 3.8) is 0 Å². The number of rotatable bonds is 4. The molecule has 0 saturated heterocycles. The van der Waals surface area contributed by atoms with E-state index in [9.17, 15) is 4.39 Å². The number of nitrogens with zero attached hydrogens (tertiary/aromatic N) is 1. The molecule has 3 heteroatoms. The van der Waals surface area contributed by atoms with Crippen LogP contribution in [0.2, 0.25) is 0 Å². The Balaban J connectivity index is 2.86. The van der Waals surface area contributed by atoms with Crippen LogP contribution in [-0.2, 0) is 6.54 Å². The first kappa shape index (κ1) is 15.7. The lowest BCUT2D eigenvalue weighted by Crippen LogP contribution is -2.32. The van der Waals surface area contributed by atoms with E-state index in [1.807, 2.05) is 13.1 Å². The van der Waals surface area contributed by atoms with Crippen LogP contribution in [0.3, 0.4) is 0 Å². The molecule has 0 spiro atoms. The van der Waals surface area contributed by atoms with E-state index in [4.69, 9.17) is 5.11 Å². The molecule has 1 atom stereocenters. The second kappa shape index (κ2) is 7.28. The van der Waals surface area contributed by atoms with E-state index in [1.165, 1.54) is 12.1 Å². The van der Waals surface area contributed by atoms with Crippen molar-refractivity contribution in [2.45, 2.75) is 33.4 Å². The van der Waals surface area contributed by atoms with Crippen molar-refractivity contribution in [2.24, 2.45) is 5.92 Å². The molecular formula is C16H22FNO. The molecule has 1 aromatic carbocycles. The van der Waals surface area contributed by atoms with Crippen molar-refractivity contribution in [3.05, 3.63) is 35.1 Å². The Hall–Kier alpha value is -1.37. The highest BCUT2D eigenvalue weighted by Crippen LogP contribution is 2.15. The molecule has 0 aromatic heterocycles. The molecule has 0 aliphatic carbocycles. The lowest BCUT2D eigenvalue weighted by Gasteiger charge is -2.27. The van der Waals surface area contributed by atoms with Gasteiger partial charge < -0.3 is 5.11 Å². The van der Waals surface area contributed by atoms with Gasteiger partial charge in [0, 0.05) is 18.2 Å². The van der Waals surface area contributed by atoms with Crippen LogP contribution in [0.15, 0.2) is 18.2 Å². The van der Waals surface area contributed by atoms with Crippen LogP contribution in [0.4, 0.5) is 4.39 Å². The number of hydrogen-bond donors (Lipinski definition) is 1. The van der Waals surface area contributed by atoms with Crippen LogP contribution in [0, 0.1) is 23.6 Å². The number of aliphatic hydroxyl groups excluding tert-OH is 1. The number of halogens is 1. The normalized spacial score (nSPS) is 12.4. The van der Waals surface area contributed by atoms with Crippen molar-refractivity contribution in [1.29, 1.82) is 0 Å². The fraction of sp³-hybridized carbons (Fsp3) is 0.500. The van der Waals surface area contributed by atoms with Crippen molar-refractivity contribution in [3.8, 4) is 11.8 Å². The SMILES string of the molecule is CC(C)C(C)N(C)Cc1cc(F)cc(C#CCO)c1. The van der Waals surface area contributed by atoms with Gasteiger partial charge in [0.1, 0.15) is 12.4 Å². The van der Waals surface area contributed by atoms with Crippen LogP contribution in [0.1, 0.15) is 31.9 Å². The third-order valence-corrected chi connectivity index (χ3v) is 3.36. The summed E-state index contributed by atoms with van der Waals surface area (Å²) in [7, 11) is 2.04. The predicted octanol–water partition coefficient (Wildman–Crippen LogP) is 2.65. The zero-order valence-electron chi connectivity index (χ0n) is 12.1. The van der Waals surface area contributed by atoms with Gasteiger partial charge in [-0.2, -0.15) is 0 Å². The minimum atomic E-state index is -0.287.